The number of nitrogens with zero attached hydrogens (tertiary/aromatic N) is 1. The normalized spacial score (nSPS) is 15.6. The van der Waals surface area contributed by atoms with Gasteiger partial charge >= 0.3 is 0 Å². The van der Waals surface area contributed by atoms with Gasteiger partial charge in [0.2, 0.25) is 0 Å². The van der Waals surface area contributed by atoms with Gasteiger partial charge in [0.25, 0.3) is 5.91 Å². The number of carbonyl (C=O) groups excluding carboxylic acids is 1. The van der Waals surface area contributed by atoms with Crippen molar-refractivity contribution in [1.82, 2.24) is 4.90 Å². The highest BCUT2D eigenvalue weighted by Crippen LogP contribution is 2.32. The van der Waals surface area contributed by atoms with Gasteiger partial charge in [-0.1, -0.05) is 78.6 Å². The molecular weight excluding hydrogens is 386 g/mol. The molecule has 3 aromatic rings. The first-order valence-electron chi connectivity index (χ1n) is 9.10. The number of hydrogen-bond donors (Lipinski definition) is 0. The third-order valence-electron chi connectivity index (χ3n) is 4.64. The lowest BCUT2D eigenvalue weighted by atomic mass is 10.1. The number of likely N-dealkylation sites (N-methyl/N-ethyl adjacent to an activating group) is 1. The van der Waals surface area contributed by atoms with Gasteiger partial charge in [-0.2, -0.15) is 0 Å². The van der Waals surface area contributed by atoms with Crippen molar-refractivity contribution >= 4 is 51.1 Å². The molecule has 0 bridgehead atoms. The Bertz CT molecular complexity index is 1070. The van der Waals surface area contributed by atoms with Crippen LogP contribution in [0.25, 0.3) is 16.8 Å². The van der Waals surface area contributed by atoms with E-state index in [9.17, 15) is 4.79 Å². The predicted octanol–water partition coefficient (Wildman–Crippen LogP) is 5.64. The van der Waals surface area contributed by atoms with Crippen molar-refractivity contribution in [3.8, 4) is 5.75 Å². The maximum atomic E-state index is 12.3. The Kier molecular flexibility index (Phi) is 5.46. The van der Waals surface area contributed by atoms with Crippen LogP contribution in [0, 0.1) is 0 Å². The van der Waals surface area contributed by atoms with E-state index < -0.39 is 0 Å². The molecule has 0 aliphatic carbocycles. The summed E-state index contributed by atoms with van der Waals surface area (Å²) in [4.78, 5) is 14.6. The second kappa shape index (κ2) is 8.17. The molecule has 0 atom stereocenters. The zero-order valence-electron chi connectivity index (χ0n) is 15.4. The number of hydrogen-bond acceptors (Lipinski definition) is 4. The van der Waals surface area contributed by atoms with Gasteiger partial charge < -0.3 is 4.74 Å². The number of rotatable bonds is 5. The van der Waals surface area contributed by atoms with Crippen molar-refractivity contribution in [2.75, 3.05) is 6.54 Å². The maximum Gasteiger partial charge on any atom is 0.266 e. The lowest BCUT2D eigenvalue weighted by Crippen LogP contribution is -2.27. The number of carbonyl (C=O) groups is 1. The molecule has 140 valence electrons. The number of amides is 1. The topological polar surface area (TPSA) is 29.5 Å². The number of ether oxygens (including phenoxy) is 1. The van der Waals surface area contributed by atoms with Crippen molar-refractivity contribution in [2.45, 2.75) is 13.5 Å². The highest BCUT2D eigenvalue weighted by atomic mass is 32.2. The SMILES string of the molecule is CCN1C(=O)C(=Cc2ccc(OCc3cccc4ccccc34)cc2)SC1=S. The summed E-state index contributed by atoms with van der Waals surface area (Å²) in [6, 6.07) is 22.3. The fourth-order valence-electron chi connectivity index (χ4n) is 3.16. The molecule has 1 aliphatic heterocycles. The number of thioether (sulfide) groups is 1. The molecule has 3 nitrogen and oxygen atoms in total. The summed E-state index contributed by atoms with van der Waals surface area (Å²) < 4.78 is 6.60. The van der Waals surface area contributed by atoms with Gasteiger partial charge in [-0.3, -0.25) is 9.69 Å². The van der Waals surface area contributed by atoms with E-state index in [-0.39, 0.29) is 5.91 Å². The zero-order chi connectivity index (χ0) is 19.5. The minimum atomic E-state index is -0.0196. The third kappa shape index (κ3) is 3.81. The first kappa shape index (κ1) is 18.7. The molecule has 1 heterocycles. The molecule has 1 amide bonds. The molecule has 28 heavy (non-hydrogen) atoms. The summed E-state index contributed by atoms with van der Waals surface area (Å²) in [7, 11) is 0. The van der Waals surface area contributed by atoms with E-state index in [4.69, 9.17) is 17.0 Å². The Labute approximate surface area is 174 Å². The molecule has 0 spiro atoms. The minimum absolute atomic E-state index is 0.0196. The molecule has 0 saturated carbocycles. The molecule has 4 rings (SSSR count). The number of benzene rings is 3. The van der Waals surface area contributed by atoms with Gasteiger partial charge in [-0.15, -0.1) is 0 Å². The monoisotopic (exact) mass is 405 g/mol. The summed E-state index contributed by atoms with van der Waals surface area (Å²) in [5.41, 5.74) is 2.11. The molecule has 0 unspecified atom stereocenters. The van der Waals surface area contributed by atoms with Crippen LogP contribution >= 0.6 is 24.0 Å². The second-order valence-corrected chi connectivity index (χ2v) is 8.10. The van der Waals surface area contributed by atoms with E-state index in [1.54, 1.807) is 4.90 Å². The van der Waals surface area contributed by atoms with Crippen molar-refractivity contribution in [3.63, 3.8) is 0 Å². The van der Waals surface area contributed by atoms with Gasteiger partial charge in [-0.05, 0) is 47.0 Å². The summed E-state index contributed by atoms with van der Waals surface area (Å²) in [5.74, 6) is 0.778. The molecule has 1 aliphatic rings. The van der Waals surface area contributed by atoms with Crippen molar-refractivity contribution in [3.05, 3.63) is 82.8 Å². The minimum Gasteiger partial charge on any atom is -0.489 e. The van der Waals surface area contributed by atoms with E-state index >= 15 is 0 Å². The van der Waals surface area contributed by atoms with E-state index in [1.165, 1.54) is 22.5 Å². The summed E-state index contributed by atoms with van der Waals surface area (Å²) >= 11 is 6.60. The van der Waals surface area contributed by atoms with Crippen LogP contribution in [0.1, 0.15) is 18.1 Å². The van der Waals surface area contributed by atoms with Crippen LogP contribution < -0.4 is 4.74 Å². The predicted molar refractivity (Wildman–Crippen MR) is 120 cm³/mol. The highest BCUT2D eigenvalue weighted by molar-refractivity contribution is 8.26. The Hall–Kier alpha value is -2.63. The molecule has 0 aromatic heterocycles. The van der Waals surface area contributed by atoms with Crippen LogP contribution in [-0.4, -0.2) is 21.7 Å². The lowest BCUT2D eigenvalue weighted by Gasteiger charge is -2.10. The van der Waals surface area contributed by atoms with Crippen LogP contribution in [0.3, 0.4) is 0 Å². The molecule has 1 fully saturated rings. The van der Waals surface area contributed by atoms with Crippen LogP contribution in [0.2, 0.25) is 0 Å². The average Bonchev–Trinajstić information content (AvgIpc) is 2.99. The number of thiocarbonyl (C=S) groups is 1. The molecule has 0 N–H and O–H groups in total. The fourth-order valence-corrected chi connectivity index (χ4v) is 4.55. The highest BCUT2D eigenvalue weighted by Gasteiger charge is 2.30. The molecule has 5 heteroatoms. The first-order valence-corrected chi connectivity index (χ1v) is 10.3. The van der Waals surface area contributed by atoms with Crippen molar-refractivity contribution in [1.29, 1.82) is 0 Å². The third-order valence-corrected chi connectivity index (χ3v) is 6.02. The van der Waals surface area contributed by atoms with E-state index in [0.717, 1.165) is 16.9 Å². The smallest absolute Gasteiger partial charge is 0.266 e. The van der Waals surface area contributed by atoms with Crippen molar-refractivity contribution in [2.24, 2.45) is 0 Å². The standard InChI is InChI=1S/C23H19NO2S2/c1-2-24-22(25)21(28-23(24)27)14-16-10-12-19(13-11-16)26-15-18-8-5-7-17-6-3-4-9-20(17)18/h3-14H,2,15H2,1H3. The van der Waals surface area contributed by atoms with Gasteiger partial charge in [0.1, 0.15) is 16.7 Å². The summed E-state index contributed by atoms with van der Waals surface area (Å²) in [5, 5.41) is 2.42. The van der Waals surface area contributed by atoms with E-state index in [0.29, 0.717) is 22.4 Å². The van der Waals surface area contributed by atoms with Crippen LogP contribution in [0.5, 0.6) is 5.75 Å². The van der Waals surface area contributed by atoms with Crippen LogP contribution in [0.15, 0.2) is 71.6 Å². The number of fused-ring (bicyclic) bond motifs is 1. The molecule has 1 saturated heterocycles. The maximum absolute atomic E-state index is 12.3. The van der Waals surface area contributed by atoms with Crippen LogP contribution in [0.4, 0.5) is 0 Å². The Morgan fingerprint density at radius 2 is 1.79 bits per heavy atom. The van der Waals surface area contributed by atoms with Gasteiger partial charge in [0.15, 0.2) is 0 Å². The molecular formula is C23H19NO2S2. The fraction of sp³-hybridized carbons (Fsp3) is 0.130. The largest absolute Gasteiger partial charge is 0.489 e. The van der Waals surface area contributed by atoms with Gasteiger partial charge in [-0.25, -0.2) is 0 Å². The Morgan fingerprint density at radius 3 is 2.54 bits per heavy atom. The quantitative estimate of drug-likeness (QED) is 0.406. The van der Waals surface area contributed by atoms with Gasteiger partial charge in [0.05, 0.1) is 4.91 Å². The Balaban J connectivity index is 1.46. The molecule has 0 radical (unpaired) electrons. The van der Waals surface area contributed by atoms with Gasteiger partial charge in [0, 0.05) is 6.54 Å². The Morgan fingerprint density at radius 1 is 1.04 bits per heavy atom. The molecule has 3 aromatic carbocycles. The lowest BCUT2D eigenvalue weighted by molar-refractivity contribution is -0.121. The van der Waals surface area contributed by atoms with E-state index in [1.807, 2.05) is 49.4 Å². The zero-order valence-corrected chi connectivity index (χ0v) is 17.1. The summed E-state index contributed by atoms with van der Waals surface area (Å²) in [6.07, 6.45) is 1.88. The average molecular weight is 406 g/mol. The van der Waals surface area contributed by atoms with Crippen LogP contribution in [-0.2, 0) is 11.4 Å². The van der Waals surface area contributed by atoms with E-state index in [2.05, 4.69) is 30.3 Å². The second-order valence-electron chi connectivity index (χ2n) is 6.42. The van der Waals surface area contributed by atoms with Crippen molar-refractivity contribution < 1.29 is 9.53 Å². The summed E-state index contributed by atoms with van der Waals surface area (Å²) in [6.45, 7) is 3.04. The first-order chi connectivity index (χ1) is 13.7.